The molecule has 0 spiro atoms. The smallest absolute Gasteiger partial charge is 0.309 e. The maximum atomic E-state index is 13.2. The fourth-order valence-electron chi connectivity index (χ4n) is 1.16. The monoisotopic (exact) mass is 230 g/mol. The van der Waals surface area contributed by atoms with E-state index in [1.54, 1.807) is 13.0 Å². The number of benzene rings is 1. The van der Waals surface area contributed by atoms with Crippen molar-refractivity contribution in [3.05, 3.63) is 35.4 Å². The van der Waals surface area contributed by atoms with Gasteiger partial charge in [-0.1, -0.05) is 43.7 Å². The minimum absolute atomic E-state index is 0.250. The molecule has 0 saturated carbocycles. The van der Waals surface area contributed by atoms with Gasteiger partial charge in [-0.2, -0.15) is 0 Å². The van der Waals surface area contributed by atoms with Gasteiger partial charge in [0.2, 0.25) is 0 Å². The zero-order valence-corrected chi connectivity index (χ0v) is 9.63. The van der Waals surface area contributed by atoms with Gasteiger partial charge in [-0.05, 0) is 6.92 Å². The van der Waals surface area contributed by atoms with Gasteiger partial charge in [0.25, 0.3) is 5.92 Å². The first kappa shape index (κ1) is 14.6. The number of halogens is 2. The molecule has 0 atom stereocenters. The zero-order valence-electron chi connectivity index (χ0n) is 9.63. The average molecular weight is 230 g/mol. The van der Waals surface area contributed by atoms with Crippen LogP contribution in [0.25, 0.3) is 0 Å². The largest absolute Gasteiger partial charge is 0.481 e. The fraction of sp³-hybridized carbons (Fsp3) is 0.417. The van der Waals surface area contributed by atoms with E-state index in [9.17, 15) is 13.6 Å². The van der Waals surface area contributed by atoms with Gasteiger partial charge < -0.3 is 5.11 Å². The van der Waals surface area contributed by atoms with E-state index in [2.05, 4.69) is 0 Å². The predicted molar refractivity (Wildman–Crippen MR) is 58.7 cm³/mol. The number of carbonyl (C=O) groups is 1. The van der Waals surface area contributed by atoms with E-state index in [1.165, 1.54) is 18.2 Å². The Morgan fingerprint density at radius 1 is 1.38 bits per heavy atom. The highest BCUT2D eigenvalue weighted by molar-refractivity contribution is 5.68. The molecule has 2 nitrogen and oxygen atoms in total. The number of hydrogen-bond acceptors (Lipinski definition) is 1. The molecule has 16 heavy (non-hydrogen) atoms. The number of alkyl halides is 2. The Balaban J connectivity index is 0.00000106. The van der Waals surface area contributed by atoms with Crippen molar-refractivity contribution < 1.29 is 18.7 Å². The van der Waals surface area contributed by atoms with Gasteiger partial charge in [-0.25, -0.2) is 8.78 Å². The molecular weight excluding hydrogens is 214 g/mol. The second kappa shape index (κ2) is 6.20. The van der Waals surface area contributed by atoms with E-state index < -0.39 is 18.3 Å². The lowest BCUT2D eigenvalue weighted by Gasteiger charge is -2.14. The predicted octanol–water partition coefficient (Wildman–Crippen LogP) is 3.59. The zero-order chi connectivity index (χ0) is 12.8. The standard InChI is InChI=1S/C10H10F2O2.C2H6/c1-7-3-2-4-8(5-7)10(11,12)6-9(13)14;1-2/h2-5H,6H2,1H3,(H,13,14);1-2H3. The highest BCUT2D eigenvalue weighted by Crippen LogP contribution is 2.31. The number of rotatable bonds is 3. The maximum absolute atomic E-state index is 13.2. The van der Waals surface area contributed by atoms with E-state index in [0.29, 0.717) is 5.56 Å². The summed E-state index contributed by atoms with van der Waals surface area (Å²) in [6.45, 7) is 5.68. The van der Waals surface area contributed by atoms with Crippen molar-refractivity contribution in [1.82, 2.24) is 0 Å². The van der Waals surface area contributed by atoms with Crippen LogP contribution in [0.1, 0.15) is 31.4 Å². The van der Waals surface area contributed by atoms with Crippen LogP contribution in [0.5, 0.6) is 0 Å². The highest BCUT2D eigenvalue weighted by Gasteiger charge is 2.34. The van der Waals surface area contributed by atoms with Gasteiger partial charge in [-0.15, -0.1) is 0 Å². The first-order valence-corrected chi connectivity index (χ1v) is 5.08. The van der Waals surface area contributed by atoms with Crippen LogP contribution in [0.15, 0.2) is 24.3 Å². The molecule has 1 aromatic carbocycles. The third kappa shape index (κ3) is 4.38. The summed E-state index contributed by atoms with van der Waals surface area (Å²) in [5, 5.41) is 8.30. The topological polar surface area (TPSA) is 37.3 Å². The Morgan fingerprint density at radius 3 is 2.38 bits per heavy atom. The molecule has 0 saturated heterocycles. The minimum Gasteiger partial charge on any atom is -0.481 e. The maximum Gasteiger partial charge on any atom is 0.309 e. The first-order valence-electron chi connectivity index (χ1n) is 5.08. The van der Waals surface area contributed by atoms with Crippen molar-refractivity contribution in [3.8, 4) is 0 Å². The molecule has 0 amide bonds. The molecular formula is C12H16F2O2. The molecule has 1 rings (SSSR count). The summed E-state index contributed by atoms with van der Waals surface area (Å²) in [6.07, 6.45) is -1.17. The molecule has 0 fully saturated rings. The molecule has 0 aliphatic carbocycles. The van der Waals surface area contributed by atoms with Crippen LogP contribution in [0.3, 0.4) is 0 Å². The SMILES string of the molecule is CC.Cc1cccc(C(F)(F)CC(=O)O)c1. The lowest BCUT2D eigenvalue weighted by atomic mass is 10.0. The molecule has 1 aromatic rings. The number of hydrogen-bond donors (Lipinski definition) is 1. The molecule has 4 heteroatoms. The van der Waals surface area contributed by atoms with Crippen molar-refractivity contribution in [2.75, 3.05) is 0 Å². The van der Waals surface area contributed by atoms with Crippen LogP contribution in [-0.4, -0.2) is 11.1 Å². The average Bonchev–Trinajstić information content (AvgIpc) is 2.19. The van der Waals surface area contributed by atoms with E-state index in [1.807, 2.05) is 13.8 Å². The van der Waals surface area contributed by atoms with E-state index >= 15 is 0 Å². The van der Waals surface area contributed by atoms with Gasteiger partial charge in [0.1, 0.15) is 6.42 Å². The normalized spacial score (nSPS) is 10.3. The minimum atomic E-state index is -3.29. The summed E-state index contributed by atoms with van der Waals surface area (Å²) < 4.78 is 26.4. The molecule has 0 heterocycles. The number of carboxylic acid groups (broad SMARTS) is 1. The molecule has 0 bridgehead atoms. The quantitative estimate of drug-likeness (QED) is 0.861. The first-order chi connectivity index (χ1) is 7.42. The van der Waals surface area contributed by atoms with Gasteiger partial charge >= 0.3 is 5.97 Å². The summed E-state index contributed by atoms with van der Waals surface area (Å²) in [4.78, 5) is 10.2. The molecule has 90 valence electrons. The Hall–Kier alpha value is -1.45. The Kier molecular flexibility index (Phi) is 5.64. The Labute approximate surface area is 93.9 Å². The highest BCUT2D eigenvalue weighted by atomic mass is 19.3. The molecule has 0 aliphatic heterocycles. The third-order valence-corrected chi connectivity index (χ3v) is 1.81. The van der Waals surface area contributed by atoms with Crippen LogP contribution in [0.4, 0.5) is 8.78 Å². The van der Waals surface area contributed by atoms with Gasteiger partial charge in [-0.3, -0.25) is 4.79 Å². The second-order valence-corrected chi connectivity index (χ2v) is 3.14. The fourth-order valence-corrected chi connectivity index (χ4v) is 1.16. The van der Waals surface area contributed by atoms with Crippen LogP contribution in [-0.2, 0) is 10.7 Å². The van der Waals surface area contributed by atoms with Crippen molar-refractivity contribution in [1.29, 1.82) is 0 Å². The van der Waals surface area contributed by atoms with Crippen molar-refractivity contribution in [2.24, 2.45) is 0 Å². The summed E-state index contributed by atoms with van der Waals surface area (Å²) in [5.41, 5.74) is 0.437. The van der Waals surface area contributed by atoms with Crippen LogP contribution in [0.2, 0.25) is 0 Å². The van der Waals surface area contributed by atoms with E-state index in [-0.39, 0.29) is 5.56 Å². The summed E-state index contributed by atoms with van der Waals surface area (Å²) in [7, 11) is 0. The Morgan fingerprint density at radius 2 is 1.94 bits per heavy atom. The van der Waals surface area contributed by atoms with Crippen molar-refractivity contribution in [3.63, 3.8) is 0 Å². The summed E-state index contributed by atoms with van der Waals surface area (Å²) in [5.74, 6) is -4.80. The molecule has 0 aliphatic rings. The lowest BCUT2D eigenvalue weighted by Crippen LogP contribution is -2.18. The van der Waals surface area contributed by atoms with E-state index in [4.69, 9.17) is 5.11 Å². The summed E-state index contributed by atoms with van der Waals surface area (Å²) >= 11 is 0. The lowest BCUT2D eigenvalue weighted by molar-refractivity contribution is -0.145. The second-order valence-electron chi connectivity index (χ2n) is 3.14. The van der Waals surface area contributed by atoms with Crippen LogP contribution in [0, 0.1) is 6.92 Å². The number of carboxylic acids is 1. The van der Waals surface area contributed by atoms with Crippen molar-refractivity contribution >= 4 is 5.97 Å². The molecule has 0 radical (unpaired) electrons. The third-order valence-electron chi connectivity index (χ3n) is 1.81. The summed E-state index contributed by atoms with van der Waals surface area (Å²) in [6, 6.07) is 5.69. The molecule has 0 aromatic heterocycles. The molecule has 0 unspecified atom stereocenters. The van der Waals surface area contributed by atoms with E-state index in [0.717, 1.165) is 0 Å². The van der Waals surface area contributed by atoms with Gasteiger partial charge in [0, 0.05) is 5.56 Å². The molecule has 1 N–H and O–H groups in total. The van der Waals surface area contributed by atoms with Crippen molar-refractivity contribution in [2.45, 2.75) is 33.1 Å². The number of aliphatic carboxylic acids is 1. The number of aryl methyl sites for hydroxylation is 1. The van der Waals surface area contributed by atoms with Gasteiger partial charge in [0.15, 0.2) is 0 Å². The van der Waals surface area contributed by atoms with Crippen LogP contribution < -0.4 is 0 Å². The van der Waals surface area contributed by atoms with Crippen LogP contribution >= 0.6 is 0 Å². The van der Waals surface area contributed by atoms with Gasteiger partial charge in [0.05, 0.1) is 0 Å². The Bertz CT molecular complexity index is 349.